The van der Waals surface area contributed by atoms with Crippen LogP contribution in [0.2, 0.25) is 0 Å². The third kappa shape index (κ3) is 5.29. The molecule has 9 heteroatoms. The summed E-state index contributed by atoms with van der Waals surface area (Å²) in [6, 6.07) is 6.97. The van der Waals surface area contributed by atoms with Crippen molar-refractivity contribution in [3.05, 3.63) is 53.0 Å². The third-order valence-electron chi connectivity index (χ3n) is 8.07. The molecule has 0 aliphatic carbocycles. The first kappa shape index (κ1) is 25.9. The first-order valence-corrected chi connectivity index (χ1v) is 14.3. The maximum Gasteiger partial charge on any atom is 0.410 e. The number of amides is 1. The van der Waals surface area contributed by atoms with Gasteiger partial charge in [0.15, 0.2) is 0 Å². The van der Waals surface area contributed by atoms with Crippen molar-refractivity contribution in [3.63, 3.8) is 0 Å². The number of benzene rings is 1. The SMILES string of the molecule is Cn1cc(N2CCCc3c(cccc3-c3nn(C4CCOCC4)c4c3CN(C(=O)OC(C)(C)C)CC4)C2)cn1. The Hall–Kier alpha value is -3.33. The fraction of sp³-hybridized carbons (Fsp3) is 0.567. The number of carbonyl (C=O) groups is 1. The van der Waals surface area contributed by atoms with E-state index >= 15 is 0 Å². The van der Waals surface area contributed by atoms with Gasteiger partial charge in [0.05, 0.1) is 30.2 Å². The number of hydrogen-bond donors (Lipinski definition) is 0. The maximum atomic E-state index is 13.1. The molecule has 3 aromatic rings. The van der Waals surface area contributed by atoms with Gasteiger partial charge in [0, 0.05) is 69.3 Å². The van der Waals surface area contributed by atoms with E-state index in [0.717, 1.165) is 69.8 Å². The van der Waals surface area contributed by atoms with E-state index in [2.05, 4.69) is 39.1 Å². The van der Waals surface area contributed by atoms with Crippen LogP contribution >= 0.6 is 0 Å². The van der Waals surface area contributed by atoms with Crippen LogP contribution < -0.4 is 4.90 Å². The Morgan fingerprint density at radius 1 is 1.08 bits per heavy atom. The lowest BCUT2D eigenvalue weighted by Crippen LogP contribution is -2.40. The number of aryl methyl sites for hydroxylation is 1. The molecule has 1 fully saturated rings. The van der Waals surface area contributed by atoms with Crippen molar-refractivity contribution in [2.24, 2.45) is 7.05 Å². The van der Waals surface area contributed by atoms with Crippen LogP contribution in [0.3, 0.4) is 0 Å². The molecule has 2 aromatic heterocycles. The Morgan fingerprint density at radius 3 is 2.64 bits per heavy atom. The predicted octanol–water partition coefficient (Wildman–Crippen LogP) is 4.88. The minimum atomic E-state index is -0.524. The fourth-order valence-electron chi connectivity index (χ4n) is 6.20. The zero-order chi connectivity index (χ0) is 27.1. The van der Waals surface area contributed by atoms with Crippen LogP contribution in [0.25, 0.3) is 11.3 Å². The Kier molecular flexibility index (Phi) is 6.87. The third-order valence-corrected chi connectivity index (χ3v) is 8.07. The zero-order valence-corrected chi connectivity index (χ0v) is 23.7. The molecule has 0 radical (unpaired) electrons. The van der Waals surface area contributed by atoms with E-state index in [1.54, 1.807) is 0 Å². The van der Waals surface area contributed by atoms with Crippen LogP contribution in [0.1, 0.15) is 68.5 Å². The quantitative estimate of drug-likeness (QED) is 0.479. The Labute approximate surface area is 230 Å². The van der Waals surface area contributed by atoms with E-state index in [1.807, 2.05) is 43.6 Å². The highest BCUT2D eigenvalue weighted by Gasteiger charge is 2.33. The molecule has 9 nitrogen and oxygen atoms in total. The highest BCUT2D eigenvalue weighted by molar-refractivity contribution is 5.73. The van der Waals surface area contributed by atoms with Crippen molar-refractivity contribution < 1.29 is 14.3 Å². The van der Waals surface area contributed by atoms with E-state index in [9.17, 15) is 4.79 Å². The summed E-state index contributed by atoms with van der Waals surface area (Å²) in [7, 11) is 1.96. The lowest BCUT2D eigenvalue weighted by molar-refractivity contribution is 0.0221. The number of ether oxygens (including phenoxy) is 2. The first-order valence-electron chi connectivity index (χ1n) is 14.3. The van der Waals surface area contributed by atoms with E-state index in [4.69, 9.17) is 14.6 Å². The Bertz CT molecular complexity index is 1350. The molecule has 0 N–H and O–H groups in total. The van der Waals surface area contributed by atoms with Crippen molar-refractivity contribution in [3.8, 4) is 11.3 Å². The summed E-state index contributed by atoms with van der Waals surface area (Å²) in [6.45, 7) is 10.3. The van der Waals surface area contributed by atoms with Crippen LogP contribution in [-0.4, -0.2) is 62.5 Å². The van der Waals surface area contributed by atoms with E-state index in [-0.39, 0.29) is 6.09 Å². The largest absolute Gasteiger partial charge is 0.444 e. The molecule has 39 heavy (non-hydrogen) atoms. The van der Waals surface area contributed by atoms with Crippen LogP contribution in [0.4, 0.5) is 10.5 Å². The Balaban J connectivity index is 1.39. The number of carbonyl (C=O) groups excluding carboxylic acids is 1. The van der Waals surface area contributed by atoms with Crippen molar-refractivity contribution in [1.29, 1.82) is 0 Å². The van der Waals surface area contributed by atoms with Crippen molar-refractivity contribution in [2.75, 3.05) is 31.2 Å². The minimum absolute atomic E-state index is 0.253. The van der Waals surface area contributed by atoms with Crippen molar-refractivity contribution >= 4 is 11.8 Å². The summed E-state index contributed by atoms with van der Waals surface area (Å²) >= 11 is 0. The average Bonchev–Trinajstić information content (AvgIpc) is 3.44. The van der Waals surface area contributed by atoms with Crippen LogP contribution in [-0.2, 0) is 42.5 Å². The topological polar surface area (TPSA) is 77.7 Å². The highest BCUT2D eigenvalue weighted by atomic mass is 16.6. The number of hydrogen-bond acceptors (Lipinski definition) is 6. The highest BCUT2D eigenvalue weighted by Crippen LogP contribution is 2.38. The van der Waals surface area contributed by atoms with Gasteiger partial charge in [-0.05, 0) is 57.6 Å². The van der Waals surface area contributed by atoms with E-state index in [1.165, 1.54) is 27.9 Å². The molecule has 1 saturated heterocycles. The van der Waals surface area contributed by atoms with Gasteiger partial charge in [0.2, 0.25) is 0 Å². The lowest BCUT2D eigenvalue weighted by Gasteiger charge is -2.31. The molecule has 5 heterocycles. The number of aromatic nitrogens is 4. The minimum Gasteiger partial charge on any atom is -0.444 e. The van der Waals surface area contributed by atoms with Gasteiger partial charge < -0.3 is 19.3 Å². The van der Waals surface area contributed by atoms with Crippen LogP contribution in [0.5, 0.6) is 0 Å². The summed E-state index contributed by atoms with van der Waals surface area (Å²) in [5.41, 5.74) is 8.00. The normalized spacial score (nSPS) is 18.5. The second-order valence-electron chi connectivity index (χ2n) is 12.1. The molecular formula is C30H40N6O3. The summed E-state index contributed by atoms with van der Waals surface area (Å²) in [4.78, 5) is 17.3. The first-order chi connectivity index (χ1) is 18.8. The van der Waals surface area contributed by atoms with Crippen molar-refractivity contribution in [2.45, 2.75) is 77.6 Å². The molecule has 3 aliphatic rings. The molecular weight excluding hydrogens is 492 g/mol. The molecule has 0 spiro atoms. The molecule has 208 valence electrons. The number of rotatable bonds is 3. The van der Waals surface area contributed by atoms with E-state index in [0.29, 0.717) is 19.1 Å². The number of anilines is 1. The summed E-state index contributed by atoms with van der Waals surface area (Å²) in [6.07, 6.45) is 8.56. The van der Waals surface area contributed by atoms with Gasteiger partial charge in [-0.15, -0.1) is 0 Å². The maximum absolute atomic E-state index is 13.1. The molecule has 0 bridgehead atoms. The van der Waals surface area contributed by atoms with Gasteiger partial charge in [-0.1, -0.05) is 18.2 Å². The van der Waals surface area contributed by atoms with Gasteiger partial charge in [0.25, 0.3) is 0 Å². The fourth-order valence-corrected chi connectivity index (χ4v) is 6.20. The van der Waals surface area contributed by atoms with Gasteiger partial charge in [0.1, 0.15) is 5.60 Å². The second kappa shape index (κ2) is 10.3. The molecule has 6 rings (SSSR count). The molecule has 0 unspecified atom stereocenters. The van der Waals surface area contributed by atoms with E-state index < -0.39 is 5.60 Å². The molecule has 0 atom stereocenters. The van der Waals surface area contributed by atoms with Gasteiger partial charge in [-0.3, -0.25) is 9.36 Å². The standard InChI is InChI=1S/C30H40N6O3/c1-30(2,3)39-29(37)35-14-10-27-26(20-35)28(32-36(27)22-11-15-38-16-12-22)25-8-5-7-21-18-34(13-6-9-24(21)25)23-17-31-33(4)19-23/h5,7-8,17,19,22H,6,9-16,18,20H2,1-4H3. The monoisotopic (exact) mass is 532 g/mol. The number of nitrogens with zero attached hydrogens (tertiary/aromatic N) is 6. The van der Waals surface area contributed by atoms with Crippen LogP contribution in [0.15, 0.2) is 30.6 Å². The Morgan fingerprint density at radius 2 is 1.90 bits per heavy atom. The van der Waals surface area contributed by atoms with Gasteiger partial charge >= 0.3 is 6.09 Å². The lowest BCUT2D eigenvalue weighted by atomic mass is 9.92. The molecule has 3 aliphatic heterocycles. The summed E-state index contributed by atoms with van der Waals surface area (Å²) in [5.74, 6) is 0. The van der Waals surface area contributed by atoms with Crippen LogP contribution in [0, 0.1) is 0 Å². The second-order valence-corrected chi connectivity index (χ2v) is 12.1. The predicted molar refractivity (Wildman–Crippen MR) is 150 cm³/mol. The number of fused-ring (bicyclic) bond motifs is 2. The summed E-state index contributed by atoms with van der Waals surface area (Å²) in [5, 5.41) is 9.72. The summed E-state index contributed by atoms with van der Waals surface area (Å²) < 4.78 is 15.6. The molecule has 1 aromatic carbocycles. The average molecular weight is 533 g/mol. The van der Waals surface area contributed by atoms with Gasteiger partial charge in [-0.2, -0.15) is 10.2 Å². The van der Waals surface area contributed by atoms with Gasteiger partial charge in [-0.25, -0.2) is 4.79 Å². The smallest absolute Gasteiger partial charge is 0.410 e. The van der Waals surface area contributed by atoms with Crippen molar-refractivity contribution in [1.82, 2.24) is 24.5 Å². The zero-order valence-electron chi connectivity index (χ0n) is 23.7. The molecule has 0 saturated carbocycles. The molecule has 1 amide bonds.